The van der Waals surface area contributed by atoms with E-state index in [1.165, 1.54) is 31.2 Å². The molecule has 0 radical (unpaired) electrons. The maximum absolute atomic E-state index is 6.44. The van der Waals surface area contributed by atoms with Gasteiger partial charge in [-0.25, -0.2) is 0 Å². The molecular weight excluding hydrogens is 170 g/mol. The molecule has 2 rings (SSSR count). The van der Waals surface area contributed by atoms with Crippen LogP contribution in [0.2, 0.25) is 0 Å². The molecule has 1 unspecified atom stereocenters. The Bertz CT molecular complexity index is 283. The van der Waals surface area contributed by atoms with Crippen molar-refractivity contribution in [3.63, 3.8) is 0 Å². The molecule has 1 heteroatoms. The maximum Gasteiger partial charge on any atom is 0.0409 e. The van der Waals surface area contributed by atoms with Crippen LogP contribution in [0.5, 0.6) is 0 Å². The van der Waals surface area contributed by atoms with Crippen molar-refractivity contribution in [2.24, 2.45) is 11.7 Å². The van der Waals surface area contributed by atoms with Crippen LogP contribution in [0.25, 0.3) is 0 Å². The van der Waals surface area contributed by atoms with Gasteiger partial charge in [-0.05, 0) is 31.2 Å². The van der Waals surface area contributed by atoms with Gasteiger partial charge in [0.25, 0.3) is 0 Å². The SMILES string of the molecule is CC(N)(c1ccccc1)C1CCCC1. The summed E-state index contributed by atoms with van der Waals surface area (Å²) in [5.74, 6) is 0.671. The first kappa shape index (κ1) is 9.72. The molecule has 1 aliphatic rings. The highest BCUT2D eigenvalue weighted by Gasteiger charge is 2.33. The third kappa shape index (κ3) is 1.69. The van der Waals surface area contributed by atoms with Crippen molar-refractivity contribution in [1.29, 1.82) is 0 Å². The summed E-state index contributed by atoms with van der Waals surface area (Å²) in [6.45, 7) is 2.18. The van der Waals surface area contributed by atoms with Gasteiger partial charge in [-0.3, -0.25) is 0 Å². The number of rotatable bonds is 2. The highest BCUT2D eigenvalue weighted by Crippen LogP contribution is 2.38. The van der Waals surface area contributed by atoms with E-state index in [-0.39, 0.29) is 5.54 Å². The molecule has 2 N–H and O–H groups in total. The minimum atomic E-state index is -0.127. The molecule has 0 spiro atoms. The fraction of sp³-hybridized carbons (Fsp3) is 0.538. The van der Waals surface area contributed by atoms with E-state index < -0.39 is 0 Å². The van der Waals surface area contributed by atoms with Gasteiger partial charge in [0.15, 0.2) is 0 Å². The van der Waals surface area contributed by atoms with Gasteiger partial charge in [0, 0.05) is 5.54 Å². The average molecular weight is 189 g/mol. The second kappa shape index (κ2) is 3.74. The fourth-order valence-electron chi connectivity index (χ4n) is 2.56. The van der Waals surface area contributed by atoms with E-state index in [9.17, 15) is 0 Å². The van der Waals surface area contributed by atoms with E-state index in [4.69, 9.17) is 5.73 Å². The molecule has 14 heavy (non-hydrogen) atoms. The first-order valence-corrected chi connectivity index (χ1v) is 5.55. The molecule has 1 aromatic carbocycles. The summed E-state index contributed by atoms with van der Waals surface area (Å²) in [5, 5.41) is 0. The Morgan fingerprint density at radius 3 is 2.29 bits per heavy atom. The molecule has 0 aliphatic heterocycles. The maximum atomic E-state index is 6.44. The summed E-state index contributed by atoms with van der Waals surface area (Å²) in [5.41, 5.74) is 7.60. The molecule has 0 amide bonds. The molecule has 1 aromatic rings. The van der Waals surface area contributed by atoms with Gasteiger partial charge >= 0.3 is 0 Å². The molecule has 1 saturated carbocycles. The molecule has 0 saturated heterocycles. The molecule has 0 heterocycles. The van der Waals surface area contributed by atoms with Gasteiger partial charge in [-0.15, -0.1) is 0 Å². The summed E-state index contributed by atoms with van der Waals surface area (Å²) >= 11 is 0. The second-order valence-corrected chi connectivity index (χ2v) is 4.63. The van der Waals surface area contributed by atoms with Gasteiger partial charge in [0.2, 0.25) is 0 Å². The van der Waals surface area contributed by atoms with Crippen LogP contribution in [0.3, 0.4) is 0 Å². The van der Waals surface area contributed by atoms with E-state index in [1.807, 2.05) is 6.07 Å². The predicted octanol–water partition coefficient (Wildman–Crippen LogP) is 3.05. The largest absolute Gasteiger partial charge is 0.321 e. The van der Waals surface area contributed by atoms with Crippen LogP contribution < -0.4 is 5.73 Å². The lowest BCUT2D eigenvalue weighted by atomic mass is 9.79. The molecule has 0 bridgehead atoms. The van der Waals surface area contributed by atoms with E-state index in [1.54, 1.807) is 0 Å². The molecule has 1 fully saturated rings. The highest BCUT2D eigenvalue weighted by atomic mass is 14.7. The van der Waals surface area contributed by atoms with Crippen molar-refractivity contribution in [2.45, 2.75) is 38.1 Å². The van der Waals surface area contributed by atoms with Crippen molar-refractivity contribution >= 4 is 0 Å². The third-order valence-electron chi connectivity index (χ3n) is 3.60. The first-order chi connectivity index (χ1) is 6.71. The minimum Gasteiger partial charge on any atom is -0.321 e. The summed E-state index contributed by atoms with van der Waals surface area (Å²) in [4.78, 5) is 0. The Labute approximate surface area is 86.3 Å². The van der Waals surface area contributed by atoms with Gasteiger partial charge < -0.3 is 5.73 Å². The predicted molar refractivity (Wildman–Crippen MR) is 59.9 cm³/mol. The summed E-state index contributed by atoms with van der Waals surface area (Å²) < 4.78 is 0. The zero-order valence-electron chi connectivity index (χ0n) is 8.87. The Balaban J connectivity index is 2.22. The summed E-state index contributed by atoms with van der Waals surface area (Å²) in [6.07, 6.45) is 5.29. The van der Waals surface area contributed by atoms with Crippen molar-refractivity contribution in [3.05, 3.63) is 35.9 Å². The van der Waals surface area contributed by atoms with Gasteiger partial charge in [0.1, 0.15) is 0 Å². The molecule has 1 atom stereocenters. The second-order valence-electron chi connectivity index (χ2n) is 4.63. The van der Waals surface area contributed by atoms with Crippen LogP contribution in [-0.4, -0.2) is 0 Å². The van der Waals surface area contributed by atoms with Crippen LogP contribution in [-0.2, 0) is 5.54 Å². The summed E-state index contributed by atoms with van der Waals surface area (Å²) in [6, 6.07) is 10.5. The van der Waals surface area contributed by atoms with Crippen molar-refractivity contribution < 1.29 is 0 Å². The minimum absolute atomic E-state index is 0.127. The molecule has 1 nitrogen and oxygen atoms in total. The zero-order chi connectivity index (χ0) is 10.0. The van der Waals surface area contributed by atoms with Gasteiger partial charge in [0.05, 0.1) is 0 Å². The number of nitrogens with two attached hydrogens (primary N) is 1. The normalized spacial score (nSPS) is 22.1. The number of hydrogen-bond donors (Lipinski definition) is 1. The van der Waals surface area contributed by atoms with Gasteiger partial charge in [-0.1, -0.05) is 43.2 Å². The van der Waals surface area contributed by atoms with Crippen LogP contribution in [0.1, 0.15) is 38.2 Å². The Morgan fingerprint density at radius 2 is 1.71 bits per heavy atom. The van der Waals surface area contributed by atoms with Crippen molar-refractivity contribution in [2.75, 3.05) is 0 Å². The first-order valence-electron chi connectivity index (χ1n) is 5.55. The molecular formula is C13H19N. The van der Waals surface area contributed by atoms with Crippen LogP contribution in [0.15, 0.2) is 30.3 Å². The van der Waals surface area contributed by atoms with E-state index in [2.05, 4.69) is 31.2 Å². The van der Waals surface area contributed by atoms with Crippen molar-refractivity contribution in [1.82, 2.24) is 0 Å². The monoisotopic (exact) mass is 189 g/mol. The quantitative estimate of drug-likeness (QED) is 0.760. The Morgan fingerprint density at radius 1 is 1.14 bits per heavy atom. The van der Waals surface area contributed by atoms with Gasteiger partial charge in [-0.2, -0.15) is 0 Å². The molecule has 1 aliphatic carbocycles. The lowest BCUT2D eigenvalue weighted by Gasteiger charge is -2.32. The highest BCUT2D eigenvalue weighted by molar-refractivity contribution is 5.24. The van der Waals surface area contributed by atoms with E-state index in [0.29, 0.717) is 5.92 Å². The number of hydrogen-bond acceptors (Lipinski definition) is 1. The lowest BCUT2D eigenvalue weighted by molar-refractivity contribution is 0.307. The Hall–Kier alpha value is -0.820. The van der Waals surface area contributed by atoms with Crippen molar-refractivity contribution in [3.8, 4) is 0 Å². The molecule has 0 aromatic heterocycles. The van der Waals surface area contributed by atoms with Crippen LogP contribution in [0, 0.1) is 5.92 Å². The standard InChI is InChI=1S/C13H19N/c1-13(14,12-9-5-6-10-12)11-7-3-2-4-8-11/h2-4,7-8,12H,5-6,9-10,14H2,1H3. The van der Waals surface area contributed by atoms with Crippen LogP contribution >= 0.6 is 0 Å². The Kier molecular flexibility index (Phi) is 2.60. The summed E-state index contributed by atoms with van der Waals surface area (Å²) in [7, 11) is 0. The third-order valence-corrected chi connectivity index (χ3v) is 3.60. The topological polar surface area (TPSA) is 26.0 Å². The van der Waals surface area contributed by atoms with E-state index >= 15 is 0 Å². The fourth-order valence-corrected chi connectivity index (χ4v) is 2.56. The smallest absolute Gasteiger partial charge is 0.0409 e. The zero-order valence-corrected chi connectivity index (χ0v) is 8.87. The number of benzene rings is 1. The van der Waals surface area contributed by atoms with Crippen LogP contribution in [0.4, 0.5) is 0 Å². The lowest BCUT2D eigenvalue weighted by Crippen LogP contribution is -2.39. The molecule has 76 valence electrons. The van der Waals surface area contributed by atoms with E-state index in [0.717, 1.165) is 0 Å². The average Bonchev–Trinajstić information content (AvgIpc) is 2.72.